The Hall–Kier alpha value is -1.65. The smallest absolute Gasteiger partial charge is 0.131 e. The maximum atomic E-state index is 4.89. The Morgan fingerprint density at radius 3 is 3.15 bits per heavy atom. The Labute approximate surface area is 122 Å². The molecule has 4 heteroatoms. The molecule has 4 rings (SSSR count). The Morgan fingerprint density at radius 1 is 1.35 bits per heavy atom. The van der Waals surface area contributed by atoms with Gasteiger partial charge in [0.05, 0.1) is 17.1 Å². The molecule has 1 aliphatic rings. The molecule has 0 radical (unpaired) electrons. The average Bonchev–Trinajstić information content (AvgIpc) is 3.10. The number of rotatable bonds is 2. The van der Waals surface area contributed by atoms with Gasteiger partial charge in [-0.25, -0.2) is 4.98 Å². The minimum absolute atomic E-state index is 0.234. The van der Waals surface area contributed by atoms with Crippen LogP contribution in [0.25, 0.3) is 11.0 Å². The number of benzene rings is 1. The normalized spacial score (nSPS) is 18.4. The van der Waals surface area contributed by atoms with E-state index in [0.717, 1.165) is 30.9 Å². The van der Waals surface area contributed by atoms with Crippen molar-refractivity contribution in [3.05, 3.63) is 52.0 Å². The van der Waals surface area contributed by atoms with Gasteiger partial charge in [0.25, 0.3) is 0 Å². The minimum atomic E-state index is 0.234. The Morgan fingerprint density at radius 2 is 2.25 bits per heavy atom. The molecule has 1 aliphatic heterocycles. The van der Waals surface area contributed by atoms with Gasteiger partial charge in [0, 0.05) is 18.0 Å². The van der Waals surface area contributed by atoms with Crippen LogP contribution in [-0.4, -0.2) is 16.1 Å². The number of fused-ring (bicyclic) bond motifs is 2. The lowest BCUT2D eigenvalue weighted by Crippen LogP contribution is -2.31. The quantitative estimate of drug-likeness (QED) is 0.781. The van der Waals surface area contributed by atoms with Crippen LogP contribution in [0.1, 0.15) is 29.2 Å². The first-order valence-electron chi connectivity index (χ1n) is 7.13. The fraction of sp³-hybridized carbons (Fsp3) is 0.312. The number of para-hydroxylation sites is 2. The number of aryl methyl sites for hydroxylation is 1. The monoisotopic (exact) mass is 283 g/mol. The first-order valence-corrected chi connectivity index (χ1v) is 8.01. The second-order valence-electron chi connectivity index (χ2n) is 5.14. The Bertz CT molecular complexity index is 756. The average molecular weight is 283 g/mol. The molecule has 0 amide bonds. The van der Waals surface area contributed by atoms with Crippen LogP contribution in [-0.2, 0) is 13.0 Å². The van der Waals surface area contributed by atoms with Gasteiger partial charge >= 0.3 is 0 Å². The molecule has 0 saturated carbocycles. The van der Waals surface area contributed by atoms with Gasteiger partial charge in [0.2, 0.25) is 0 Å². The SMILES string of the molecule is CCn1c(C2NCCc3sccc32)nc2ccccc21. The lowest BCUT2D eigenvalue weighted by molar-refractivity contribution is 0.527. The second kappa shape index (κ2) is 4.72. The van der Waals surface area contributed by atoms with Gasteiger partial charge in [0.1, 0.15) is 5.82 Å². The van der Waals surface area contributed by atoms with E-state index in [4.69, 9.17) is 4.98 Å². The van der Waals surface area contributed by atoms with E-state index >= 15 is 0 Å². The van der Waals surface area contributed by atoms with E-state index < -0.39 is 0 Å². The van der Waals surface area contributed by atoms with Crippen LogP contribution in [0.3, 0.4) is 0 Å². The van der Waals surface area contributed by atoms with Crippen molar-refractivity contribution in [2.24, 2.45) is 0 Å². The molecule has 3 aromatic rings. The first-order chi connectivity index (χ1) is 9.88. The summed E-state index contributed by atoms with van der Waals surface area (Å²) in [6, 6.07) is 10.9. The third-order valence-electron chi connectivity index (χ3n) is 4.05. The van der Waals surface area contributed by atoms with Crippen LogP contribution in [0.4, 0.5) is 0 Å². The highest BCUT2D eigenvalue weighted by Gasteiger charge is 2.26. The van der Waals surface area contributed by atoms with E-state index in [-0.39, 0.29) is 6.04 Å². The second-order valence-corrected chi connectivity index (χ2v) is 6.14. The minimum Gasteiger partial charge on any atom is -0.327 e. The standard InChI is InChI=1S/C16H17N3S/c1-2-19-13-6-4-3-5-12(13)18-16(19)15-11-8-10-20-14(11)7-9-17-15/h3-6,8,10,15,17H,2,7,9H2,1H3. The first kappa shape index (κ1) is 12.1. The molecule has 0 bridgehead atoms. The van der Waals surface area contributed by atoms with Crippen molar-refractivity contribution in [1.82, 2.24) is 14.9 Å². The van der Waals surface area contributed by atoms with Crippen LogP contribution in [0.2, 0.25) is 0 Å². The molecule has 0 aliphatic carbocycles. The summed E-state index contributed by atoms with van der Waals surface area (Å²) in [5.41, 5.74) is 3.73. The molecule has 20 heavy (non-hydrogen) atoms. The Balaban J connectivity index is 1.91. The van der Waals surface area contributed by atoms with Crippen molar-refractivity contribution in [3.8, 4) is 0 Å². The van der Waals surface area contributed by atoms with Crippen LogP contribution in [0.15, 0.2) is 35.7 Å². The van der Waals surface area contributed by atoms with Crippen LogP contribution >= 0.6 is 11.3 Å². The van der Waals surface area contributed by atoms with E-state index in [1.54, 1.807) is 0 Å². The number of hydrogen-bond donors (Lipinski definition) is 1. The molecular weight excluding hydrogens is 266 g/mol. The molecule has 1 aromatic carbocycles. The highest BCUT2D eigenvalue weighted by molar-refractivity contribution is 7.10. The fourth-order valence-electron chi connectivity index (χ4n) is 3.13. The van der Waals surface area contributed by atoms with E-state index in [0.29, 0.717) is 0 Å². The van der Waals surface area contributed by atoms with Crippen LogP contribution < -0.4 is 5.32 Å². The van der Waals surface area contributed by atoms with Crippen molar-refractivity contribution in [2.45, 2.75) is 25.9 Å². The van der Waals surface area contributed by atoms with Crippen molar-refractivity contribution < 1.29 is 0 Å². The lowest BCUT2D eigenvalue weighted by atomic mass is 10.0. The molecule has 0 spiro atoms. The van der Waals surface area contributed by atoms with E-state index in [9.17, 15) is 0 Å². The van der Waals surface area contributed by atoms with Gasteiger partial charge in [-0.1, -0.05) is 12.1 Å². The maximum absolute atomic E-state index is 4.89. The molecule has 102 valence electrons. The zero-order chi connectivity index (χ0) is 13.5. The van der Waals surface area contributed by atoms with E-state index in [1.807, 2.05) is 11.3 Å². The third-order valence-corrected chi connectivity index (χ3v) is 5.05. The number of thiophene rings is 1. The summed E-state index contributed by atoms with van der Waals surface area (Å²) < 4.78 is 2.33. The molecule has 3 nitrogen and oxygen atoms in total. The van der Waals surface area contributed by atoms with Gasteiger partial charge in [-0.15, -0.1) is 11.3 Å². The predicted octanol–water partition coefficient (Wildman–Crippen LogP) is 3.35. The third kappa shape index (κ3) is 1.72. The van der Waals surface area contributed by atoms with Crippen LogP contribution in [0.5, 0.6) is 0 Å². The summed E-state index contributed by atoms with van der Waals surface area (Å²) in [5, 5.41) is 5.83. The van der Waals surface area contributed by atoms with Gasteiger partial charge in [-0.2, -0.15) is 0 Å². The highest BCUT2D eigenvalue weighted by atomic mass is 32.1. The zero-order valence-electron chi connectivity index (χ0n) is 11.5. The topological polar surface area (TPSA) is 29.9 Å². The molecule has 0 saturated heterocycles. The molecule has 1 unspecified atom stereocenters. The van der Waals surface area contributed by atoms with Gasteiger partial charge in [0.15, 0.2) is 0 Å². The number of nitrogens with zero attached hydrogens (tertiary/aromatic N) is 2. The zero-order valence-corrected chi connectivity index (χ0v) is 12.3. The maximum Gasteiger partial charge on any atom is 0.131 e. The molecule has 2 aromatic heterocycles. The van der Waals surface area contributed by atoms with Crippen molar-refractivity contribution in [2.75, 3.05) is 6.54 Å². The number of aromatic nitrogens is 2. The van der Waals surface area contributed by atoms with Crippen molar-refractivity contribution in [3.63, 3.8) is 0 Å². The lowest BCUT2D eigenvalue weighted by Gasteiger charge is -2.24. The van der Waals surface area contributed by atoms with Gasteiger partial charge in [-0.05, 0) is 42.5 Å². The van der Waals surface area contributed by atoms with E-state index in [2.05, 4.69) is 52.5 Å². The molecule has 1 N–H and O–H groups in total. The summed E-state index contributed by atoms with van der Waals surface area (Å²) in [6.07, 6.45) is 1.13. The van der Waals surface area contributed by atoms with E-state index in [1.165, 1.54) is 16.0 Å². The summed E-state index contributed by atoms with van der Waals surface area (Å²) >= 11 is 1.87. The summed E-state index contributed by atoms with van der Waals surface area (Å²) in [7, 11) is 0. The largest absolute Gasteiger partial charge is 0.327 e. The fourth-order valence-corrected chi connectivity index (χ4v) is 4.05. The van der Waals surface area contributed by atoms with Gasteiger partial charge in [-0.3, -0.25) is 0 Å². The Kier molecular flexibility index (Phi) is 2.86. The molecule has 0 fully saturated rings. The van der Waals surface area contributed by atoms with Crippen molar-refractivity contribution >= 4 is 22.4 Å². The molecular formula is C16H17N3S. The molecule has 1 atom stereocenters. The molecule has 3 heterocycles. The van der Waals surface area contributed by atoms with Crippen LogP contribution in [0, 0.1) is 0 Å². The summed E-state index contributed by atoms with van der Waals surface area (Å²) in [6.45, 7) is 4.17. The van der Waals surface area contributed by atoms with Crippen molar-refractivity contribution in [1.29, 1.82) is 0 Å². The number of nitrogens with one attached hydrogen (secondary N) is 1. The number of imidazole rings is 1. The summed E-state index contributed by atoms with van der Waals surface area (Å²) in [5.74, 6) is 1.15. The predicted molar refractivity (Wildman–Crippen MR) is 83.3 cm³/mol. The number of hydrogen-bond acceptors (Lipinski definition) is 3. The van der Waals surface area contributed by atoms with Gasteiger partial charge < -0.3 is 9.88 Å². The summed E-state index contributed by atoms with van der Waals surface area (Å²) in [4.78, 5) is 6.39. The highest BCUT2D eigenvalue weighted by Crippen LogP contribution is 2.33.